The van der Waals surface area contributed by atoms with Gasteiger partial charge in [-0.1, -0.05) is 18.6 Å². The van der Waals surface area contributed by atoms with Gasteiger partial charge in [0.25, 0.3) is 11.8 Å². The van der Waals surface area contributed by atoms with Crippen molar-refractivity contribution in [3.05, 3.63) is 53.1 Å². The topological polar surface area (TPSA) is 101 Å². The van der Waals surface area contributed by atoms with Crippen LogP contribution in [0.5, 0.6) is 5.75 Å². The van der Waals surface area contributed by atoms with Gasteiger partial charge in [0, 0.05) is 26.3 Å². The summed E-state index contributed by atoms with van der Waals surface area (Å²) >= 11 is 0. The molecule has 2 amide bonds. The molecular weight excluding hydrogens is 407 g/mol. The fraction of sp³-hybridized carbons (Fsp3) is 0.435. The van der Waals surface area contributed by atoms with Crippen molar-refractivity contribution >= 4 is 25.4 Å². The fourth-order valence-electron chi connectivity index (χ4n) is 3.36. The number of Topliss-reactive ketones (excluding diaryl/α,β-unsaturated/α-hetero) is 1. The number of aryl methyl sites for hydroxylation is 1. The molecule has 0 saturated carbocycles. The van der Waals surface area contributed by atoms with E-state index >= 15 is 0 Å². The van der Waals surface area contributed by atoms with E-state index in [-0.39, 0.29) is 35.5 Å². The number of nitrogens with zero attached hydrogens (tertiary/aromatic N) is 3. The van der Waals surface area contributed by atoms with Crippen LogP contribution in [0.2, 0.25) is 0 Å². The van der Waals surface area contributed by atoms with Crippen LogP contribution in [0.1, 0.15) is 64.1 Å². The number of rotatable bonds is 8. The number of hydrogen-bond acceptors (Lipinski definition) is 6. The number of ether oxygens (including phenoxy) is 1. The second-order valence-corrected chi connectivity index (χ2v) is 8.07. The van der Waals surface area contributed by atoms with Gasteiger partial charge in [-0.15, -0.1) is 0 Å². The number of ketones is 1. The molecule has 0 spiro atoms. The molecule has 2 aromatic rings. The van der Waals surface area contributed by atoms with Gasteiger partial charge < -0.3 is 15.0 Å². The first-order valence-corrected chi connectivity index (χ1v) is 10.7. The Morgan fingerprint density at radius 3 is 2.75 bits per heavy atom. The van der Waals surface area contributed by atoms with E-state index < -0.39 is 6.10 Å². The predicted octanol–water partition coefficient (Wildman–Crippen LogP) is 2.02. The molecule has 3 rings (SSSR count). The summed E-state index contributed by atoms with van der Waals surface area (Å²) in [5, 5.41) is 2.81. The Hall–Kier alpha value is -3.23. The molecule has 2 atom stereocenters. The third-order valence-electron chi connectivity index (χ3n) is 5.29. The highest BCUT2D eigenvalue weighted by Crippen LogP contribution is 2.28. The quantitative estimate of drug-likeness (QED) is 0.504. The highest BCUT2D eigenvalue weighted by Gasteiger charge is 2.31. The summed E-state index contributed by atoms with van der Waals surface area (Å²) in [6.07, 6.45) is 3.53. The summed E-state index contributed by atoms with van der Waals surface area (Å²) < 4.78 is 5.71. The van der Waals surface area contributed by atoms with Gasteiger partial charge in [-0.05, 0) is 37.7 Å². The molecule has 32 heavy (non-hydrogen) atoms. The predicted molar refractivity (Wildman–Crippen MR) is 120 cm³/mol. The first kappa shape index (κ1) is 23.4. The molecule has 1 N–H and O–H groups in total. The van der Waals surface area contributed by atoms with E-state index in [1.165, 1.54) is 12.4 Å². The summed E-state index contributed by atoms with van der Waals surface area (Å²) in [4.78, 5) is 47.0. The lowest BCUT2D eigenvalue weighted by Crippen LogP contribution is -2.42. The normalized spacial score (nSPS) is 16.0. The Morgan fingerprint density at radius 2 is 2.06 bits per heavy atom. The average molecular weight is 434 g/mol. The second kappa shape index (κ2) is 10.4. The molecule has 8 nitrogen and oxygen atoms in total. The van der Waals surface area contributed by atoms with Crippen LogP contribution >= 0.6 is 0 Å². The molecule has 2 heterocycles. The van der Waals surface area contributed by atoms with Crippen LogP contribution in [0.3, 0.4) is 0 Å². The molecule has 0 aliphatic carbocycles. The molecule has 0 fully saturated rings. The largest absolute Gasteiger partial charge is 0.479 e. The van der Waals surface area contributed by atoms with Crippen LogP contribution in [-0.4, -0.2) is 66.6 Å². The monoisotopic (exact) mass is 434 g/mol. The zero-order chi connectivity index (χ0) is 23.3. The molecule has 1 aromatic heterocycles. The van der Waals surface area contributed by atoms with Crippen molar-refractivity contribution in [2.45, 2.75) is 45.0 Å². The highest BCUT2D eigenvalue weighted by molar-refractivity contribution is 6.11. The van der Waals surface area contributed by atoms with Crippen LogP contribution < -0.4 is 10.1 Å². The van der Waals surface area contributed by atoms with Crippen molar-refractivity contribution in [2.75, 3.05) is 20.1 Å². The van der Waals surface area contributed by atoms with Crippen LogP contribution in [0.4, 0.5) is 0 Å². The van der Waals surface area contributed by atoms with Crippen LogP contribution in [-0.2, 0) is 4.79 Å². The first-order valence-electron chi connectivity index (χ1n) is 10.7. The van der Waals surface area contributed by atoms with E-state index in [1.54, 1.807) is 31.0 Å². The van der Waals surface area contributed by atoms with Crippen LogP contribution in [0.15, 0.2) is 30.6 Å². The van der Waals surface area contributed by atoms with Gasteiger partial charge in [0.15, 0.2) is 11.9 Å². The Balaban J connectivity index is 1.39. The average Bonchev–Trinajstić information content (AvgIpc) is 2.78. The number of carbonyl (C=O) groups is 3. The summed E-state index contributed by atoms with van der Waals surface area (Å²) in [6, 6.07) is 5.36. The number of amides is 2. The van der Waals surface area contributed by atoms with Gasteiger partial charge in [-0.2, -0.15) is 0 Å². The number of aromatic nitrogens is 2. The molecule has 0 saturated heterocycles. The fourth-order valence-corrected chi connectivity index (χ4v) is 3.36. The van der Waals surface area contributed by atoms with Gasteiger partial charge in [0.2, 0.25) is 0 Å². The Bertz CT molecular complexity index is 994. The van der Waals surface area contributed by atoms with Crippen molar-refractivity contribution in [1.29, 1.82) is 0 Å². The van der Waals surface area contributed by atoms with E-state index in [0.29, 0.717) is 42.9 Å². The zero-order valence-corrected chi connectivity index (χ0v) is 18.6. The molecule has 2 radical (unpaired) electrons. The number of hydrogen-bond donors (Lipinski definition) is 1. The molecule has 2 unspecified atom stereocenters. The van der Waals surface area contributed by atoms with Gasteiger partial charge in [0.05, 0.1) is 31.7 Å². The lowest BCUT2D eigenvalue weighted by molar-refractivity contribution is -0.128. The smallest absolute Gasteiger partial charge is 0.273 e. The van der Waals surface area contributed by atoms with Gasteiger partial charge >= 0.3 is 0 Å². The molecule has 1 aliphatic heterocycles. The van der Waals surface area contributed by atoms with E-state index in [0.717, 1.165) is 5.56 Å². The van der Waals surface area contributed by atoms with E-state index in [2.05, 4.69) is 15.3 Å². The van der Waals surface area contributed by atoms with Crippen LogP contribution in [0.25, 0.3) is 0 Å². The Labute approximate surface area is 189 Å². The zero-order valence-electron chi connectivity index (χ0n) is 18.6. The van der Waals surface area contributed by atoms with E-state index in [9.17, 15) is 14.4 Å². The number of benzene rings is 1. The SMILES string of the molecule is [B]C(C)c1cnc(C(=O)N(C)CCCCNC(=O)C2CC(=O)c3cc(C)ccc3O2)cn1. The molecule has 166 valence electrons. The summed E-state index contributed by atoms with van der Waals surface area (Å²) in [5.41, 5.74) is 2.39. The number of unbranched alkanes of at least 4 members (excludes halogenated alkanes) is 1. The lowest BCUT2D eigenvalue weighted by atomic mass is 9.87. The maximum atomic E-state index is 12.4. The Kier molecular flexibility index (Phi) is 7.61. The molecular formula is C23H27BN4O4. The molecule has 1 aromatic carbocycles. The van der Waals surface area contributed by atoms with Crippen molar-refractivity contribution in [3.63, 3.8) is 0 Å². The summed E-state index contributed by atoms with van der Waals surface area (Å²) in [6.45, 7) is 4.65. The van der Waals surface area contributed by atoms with Crippen LogP contribution in [0, 0.1) is 6.92 Å². The van der Waals surface area contributed by atoms with Crippen molar-refractivity contribution in [1.82, 2.24) is 20.2 Å². The minimum Gasteiger partial charge on any atom is -0.479 e. The summed E-state index contributed by atoms with van der Waals surface area (Å²) in [7, 11) is 7.44. The lowest BCUT2D eigenvalue weighted by Gasteiger charge is -2.24. The number of carbonyl (C=O) groups excluding carboxylic acids is 3. The summed E-state index contributed by atoms with van der Waals surface area (Å²) in [5.74, 6) is -0.411. The van der Waals surface area contributed by atoms with Crippen molar-refractivity contribution in [2.24, 2.45) is 0 Å². The van der Waals surface area contributed by atoms with Gasteiger partial charge in [-0.3, -0.25) is 19.4 Å². The standard InChI is InChI=1S/C23H27BN4O4/c1-14-6-7-20-16(10-14)19(29)11-21(32-20)22(30)25-8-4-5-9-28(3)23(31)18-13-26-17(12-27-18)15(2)24/h6-7,10,12-13,15,21H,4-5,8-9,11H2,1-3H3,(H,25,30). The van der Waals surface area contributed by atoms with Gasteiger partial charge in [-0.25, -0.2) is 4.98 Å². The maximum absolute atomic E-state index is 12.4. The van der Waals surface area contributed by atoms with E-state index in [4.69, 9.17) is 12.6 Å². The van der Waals surface area contributed by atoms with E-state index in [1.807, 2.05) is 13.0 Å². The third-order valence-corrected chi connectivity index (χ3v) is 5.29. The third kappa shape index (κ3) is 5.72. The highest BCUT2D eigenvalue weighted by atomic mass is 16.5. The number of nitrogens with one attached hydrogen (secondary N) is 1. The van der Waals surface area contributed by atoms with Crippen molar-refractivity contribution in [3.8, 4) is 5.75 Å². The molecule has 0 bridgehead atoms. The maximum Gasteiger partial charge on any atom is 0.273 e. The first-order chi connectivity index (χ1) is 15.3. The number of fused-ring (bicyclic) bond motifs is 1. The van der Waals surface area contributed by atoms with Crippen molar-refractivity contribution < 1.29 is 19.1 Å². The molecule has 9 heteroatoms. The molecule has 1 aliphatic rings. The van der Waals surface area contributed by atoms with Gasteiger partial charge in [0.1, 0.15) is 11.4 Å². The second-order valence-electron chi connectivity index (χ2n) is 8.07. The Morgan fingerprint density at radius 1 is 1.28 bits per heavy atom. The minimum absolute atomic E-state index is 0.0300. The minimum atomic E-state index is -0.820.